The Morgan fingerprint density at radius 1 is 1.08 bits per heavy atom. The molecule has 0 fully saturated rings. The van der Waals surface area contributed by atoms with E-state index in [9.17, 15) is 0 Å². The summed E-state index contributed by atoms with van der Waals surface area (Å²) in [6.07, 6.45) is 1.70. The lowest BCUT2D eigenvalue weighted by Gasteiger charge is -1.94. The molecule has 0 aromatic carbocycles. The number of rotatable bonds is 1. The highest BCUT2D eigenvalue weighted by Crippen LogP contribution is 2.12. The summed E-state index contributed by atoms with van der Waals surface area (Å²) in [5.41, 5.74) is 0. The molecule has 0 bridgehead atoms. The van der Waals surface area contributed by atoms with Crippen molar-refractivity contribution < 1.29 is 4.42 Å². The van der Waals surface area contributed by atoms with Crippen molar-refractivity contribution in [3.05, 3.63) is 24.2 Å². The predicted octanol–water partition coefficient (Wildman–Crippen LogP) is 4.07. The molecule has 0 aliphatic rings. The largest absolute Gasteiger partial charge is 0.469 e. The van der Waals surface area contributed by atoms with Gasteiger partial charge in [-0.05, 0) is 18.1 Å². The first-order valence-corrected chi connectivity index (χ1v) is 4.57. The van der Waals surface area contributed by atoms with Gasteiger partial charge in [0, 0.05) is 5.92 Å². The third-order valence-corrected chi connectivity index (χ3v) is 1.11. The lowest BCUT2D eigenvalue weighted by atomic mass is 10.2. The number of furan rings is 1. The summed E-state index contributed by atoms with van der Waals surface area (Å²) in [6.45, 7) is 10.7. The van der Waals surface area contributed by atoms with E-state index in [0.29, 0.717) is 5.92 Å². The Morgan fingerprint density at radius 3 is 1.75 bits per heavy atom. The quantitative estimate of drug-likeness (QED) is 0.616. The van der Waals surface area contributed by atoms with E-state index in [4.69, 9.17) is 4.42 Å². The highest BCUT2D eigenvalue weighted by atomic mass is 16.3. The van der Waals surface area contributed by atoms with Crippen LogP contribution in [0.3, 0.4) is 0 Å². The van der Waals surface area contributed by atoms with Crippen LogP contribution in [0.5, 0.6) is 0 Å². The van der Waals surface area contributed by atoms with Crippen LogP contribution in [0, 0.1) is 5.92 Å². The summed E-state index contributed by atoms with van der Waals surface area (Å²) in [4.78, 5) is 0. The van der Waals surface area contributed by atoms with Crippen molar-refractivity contribution in [1.82, 2.24) is 0 Å². The van der Waals surface area contributed by atoms with Crippen LogP contribution < -0.4 is 0 Å². The van der Waals surface area contributed by atoms with Gasteiger partial charge < -0.3 is 4.42 Å². The van der Waals surface area contributed by atoms with Crippen molar-refractivity contribution >= 4 is 0 Å². The summed E-state index contributed by atoms with van der Waals surface area (Å²) in [5.74, 6) is 2.41. The molecule has 70 valence electrons. The van der Waals surface area contributed by atoms with Crippen molar-refractivity contribution in [2.24, 2.45) is 5.92 Å². The molecule has 1 nitrogen and oxygen atoms in total. The second kappa shape index (κ2) is 5.87. The molecule has 0 aliphatic heterocycles. The van der Waals surface area contributed by atoms with Gasteiger partial charge in [-0.25, -0.2) is 0 Å². The summed E-state index contributed by atoms with van der Waals surface area (Å²) in [6, 6.07) is 3.90. The van der Waals surface area contributed by atoms with Crippen LogP contribution in [0.25, 0.3) is 0 Å². The summed E-state index contributed by atoms with van der Waals surface area (Å²) in [7, 11) is 0. The number of hydrogen-bond acceptors (Lipinski definition) is 1. The Kier molecular flexibility index (Phi) is 5.52. The zero-order valence-electron chi connectivity index (χ0n) is 8.79. The third-order valence-electron chi connectivity index (χ3n) is 1.11. The van der Waals surface area contributed by atoms with Crippen LogP contribution in [0.4, 0.5) is 0 Å². The zero-order valence-corrected chi connectivity index (χ0v) is 8.79. The van der Waals surface area contributed by atoms with Gasteiger partial charge in [-0.1, -0.05) is 34.6 Å². The maximum Gasteiger partial charge on any atom is 0.106 e. The van der Waals surface area contributed by atoms with Crippen molar-refractivity contribution in [3.63, 3.8) is 0 Å². The molecule has 0 saturated heterocycles. The van der Waals surface area contributed by atoms with Crippen LogP contribution >= 0.6 is 0 Å². The standard InChI is InChI=1S/C7H10O.C4H10/c1-6(2)7-4-3-5-8-7;1-4(2)3/h3-6H,1-2H3;4H,1-3H3. The highest BCUT2D eigenvalue weighted by Gasteiger charge is 1.97. The molecular weight excluding hydrogens is 148 g/mol. The second-order valence-electron chi connectivity index (χ2n) is 3.90. The second-order valence-corrected chi connectivity index (χ2v) is 3.90. The first kappa shape index (κ1) is 11.3. The lowest BCUT2D eigenvalue weighted by molar-refractivity contribution is 0.487. The molecule has 0 amide bonds. The van der Waals surface area contributed by atoms with Gasteiger partial charge in [0.05, 0.1) is 6.26 Å². The third kappa shape index (κ3) is 6.02. The van der Waals surface area contributed by atoms with E-state index >= 15 is 0 Å². The molecule has 0 saturated carbocycles. The highest BCUT2D eigenvalue weighted by molar-refractivity contribution is 5.02. The molecule has 0 atom stereocenters. The van der Waals surface area contributed by atoms with E-state index in [2.05, 4.69) is 34.6 Å². The fraction of sp³-hybridized carbons (Fsp3) is 0.636. The Morgan fingerprint density at radius 2 is 1.58 bits per heavy atom. The van der Waals surface area contributed by atoms with Crippen molar-refractivity contribution in [2.45, 2.75) is 40.5 Å². The van der Waals surface area contributed by atoms with Crippen LogP contribution in [-0.2, 0) is 0 Å². The first-order chi connectivity index (χ1) is 5.54. The summed E-state index contributed by atoms with van der Waals surface area (Å²) >= 11 is 0. The first-order valence-electron chi connectivity index (χ1n) is 4.57. The maximum absolute atomic E-state index is 5.09. The van der Waals surface area contributed by atoms with Gasteiger partial charge in [-0.15, -0.1) is 0 Å². The topological polar surface area (TPSA) is 13.1 Å². The van der Waals surface area contributed by atoms with E-state index in [1.165, 1.54) is 0 Å². The molecule has 0 aliphatic carbocycles. The molecule has 1 aromatic rings. The monoisotopic (exact) mass is 168 g/mol. The molecule has 1 rings (SSSR count). The van der Waals surface area contributed by atoms with Gasteiger partial charge in [0.25, 0.3) is 0 Å². The van der Waals surface area contributed by atoms with Gasteiger partial charge >= 0.3 is 0 Å². The fourth-order valence-electron chi connectivity index (χ4n) is 0.620. The molecule has 1 heterocycles. The lowest BCUT2D eigenvalue weighted by Crippen LogP contribution is -1.79. The van der Waals surface area contributed by atoms with Crippen molar-refractivity contribution in [3.8, 4) is 0 Å². The zero-order chi connectivity index (χ0) is 9.56. The maximum atomic E-state index is 5.09. The van der Waals surface area contributed by atoms with Crippen molar-refractivity contribution in [2.75, 3.05) is 0 Å². The molecule has 1 aromatic heterocycles. The molecule has 0 N–H and O–H groups in total. The minimum atomic E-state index is 0.519. The Labute approximate surface area is 75.8 Å². The minimum absolute atomic E-state index is 0.519. The van der Waals surface area contributed by atoms with Crippen LogP contribution in [0.15, 0.2) is 22.8 Å². The normalized spacial score (nSPS) is 9.92. The number of hydrogen-bond donors (Lipinski definition) is 0. The van der Waals surface area contributed by atoms with Crippen LogP contribution in [0.2, 0.25) is 0 Å². The molecule has 0 spiro atoms. The van der Waals surface area contributed by atoms with Gasteiger partial charge in [0.1, 0.15) is 5.76 Å². The molecule has 1 heteroatoms. The average Bonchev–Trinajstić information content (AvgIpc) is 2.34. The smallest absolute Gasteiger partial charge is 0.106 e. The van der Waals surface area contributed by atoms with E-state index in [1.807, 2.05) is 12.1 Å². The van der Waals surface area contributed by atoms with Crippen molar-refractivity contribution in [1.29, 1.82) is 0 Å². The predicted molar refractivity (Wildman–Crippen MR) is 53.3 cm³/mol. The fourth-order valence-corrected chi connectivity index (χ4v) is 0.620. The average molecular weight is 168 g/mol. The molecule has 0 radical (unpaired) electrons. The molecule has 12 heavy (non-hydrogen) atoms. The van der Waals surface area contributed by atoms with E-state index in [-0.39, 0.29) is 0 Å². The van der Waals surface area contributed by atoms with E-state index in [0.717, 1.165) is 11.7 Å². The molecular formula is C11H20O. The molecule has 0 unspecified atom stereocenters. The van der Waals surface area contributed by atoms with Crippen LogP contribution in [0.1, 0.15) is 46.3 Å². The van der Waals surface area contributed by atoms with Gasteiger partial charge in [0.15, 0.2) is 0 Å². The summed E-state index contributed by atoms with van der Waals surface area (Å²) in [5, 5.41) is 0. The van der Waals surface area contributed by atoms with Gasteiger partial charge in [-0.3, -0.25) is 0 Å². The van der Waals surface area contributed by atoms with Gasteiger partial charge in [-0.2, -0.15) is 0 Å². The van der Waals surface area contributed by atoms with Crippen LogP contribution in [-0.4, -0.2) is 0 Å². The van der Waals surface area contributed by atoms with Gasteiger partial charge in [0.2, 0.25) is 0 Å². The summed E-state index contributed by atoms with van der Waals surface area (Å²) < 4.78 is 5.09. The SMILES string of the molecule is CC(C)C.CC(C)c1ccco1. The van der Waals surface area contributed by atoms with E-state index < -0.39 is 0 Å². The Hall–Kier alpha value is -0.720. The Bertz CT molecular complexity index is 170. The Balaban J connectivity index is 0.000000261. The van der Waals surface area contributed by atoms with E-state index in [1.54, 1.807) is 6.26 Å². The minimum Gasteiger partial charge on any atom is -0.469 e.